The lowest BCUT2D eigenvalue weighted by Crippen LogP contribution is -2.13. The number of thiazole rings is 1. The summed E-state index contributed by atoms with van der Waals surface area (Å²) in [7, 11) is -1.98. The van der Waals surface area contributed by atoms with Crippen molar-refractivity contribution < 1.29 is 8.42 Å². The van der Waals surface area contributed by atoms with Crippen molar-refractivity contribution in [1.82, 2.24) is 14.5 Å². The van der Waals surface area contributed by atoms with Gasteiger partial charge in [-0.3, -0.25) is 4.72 Å². The Bertz CT molecular complexity index is 989. The van der Waals surface area contributed by atoms with Crippen LogP contribution in [-0.4, -0.2) is 23.0 Å². The Morgan fingerprint density at radius 1 is 1.26 bits per heavy atom. The second-order valence-corrected chi connectivity index (χ2v) is 8.14. The van der Waals surface area contributed by atoms with Crippen LogP contribution in [0.25, 0.3) is 11.3 Å². The first-order chi connectivity index (χ1) is 11.0. The van der Waals surface area contributed by atoms with Gasteiger partial charge in [0, 0.05) is 23.7 Å². The molecule has 0 aliphatic heterocycles. The lowest BCUT2D eigenvalue weighted by Gasteiger charge is -2.13. The number of benzene rings is 1. The average molecular weight is 346 g/mol. The molecule has 8 heteroatoms. The van der Waals surface area contributed by atoms with Crippen LogP contribution in [0.3, 0.4) is 0 Å². The Hall–Kier alpha value is -2.19. The van der Waals surface area contributed by atoms with Gasteiger partial charge in [-0.05, 0) is 18.4 Å². The van der Waals surface area contributed by atoms with Gasteiger partial charge in [0.25, 0.3) is 10.0 Å². The summed E-state index contributed by atoms with van der Waals surface area (Å²) < 4.78 is 28.8. The van der Waals surface area contributed by atoms with E-state index in [-0.39, 0.29) is 5.03 Å². The van der Waals surface area contributed by atoms with Gasteiger partial charge in [0.15, 0.2) is 10.2 Å². The molecule has 23 heavy (non-hydrogen) atoms. The second-order valence-electron chi connectivity index (χ2n) is 5.43. The van der Waals surface area contributed by atoms with E-state index in [1.807, 2.05) is 18.2 Å². The van der Waals surface area contributed by atoms with Crippen molar-refractivity contribution in [3.63, 3.8) is 0 Å². The number of nitrogens with zero attached hydrogens (tertiary/aromatic N) is 3. The van der Waals surface area contributed by atoms with Crippen LogP contribution in [0.15, 0.2) is 41.8 Å². The molecule has 0 saturated heterocycles. The van der Waals surface area contributed by atoms with Gasteiger partial charge < -0.3 is 4.57 Å². The SMILES string of the molecule is Cn1cnc(S(=O)(=O)Nc2nc3c(s2)CCc2ccccc2-3)c1. The second kappa shape index (κ2) is 5.17. The van der Waals surface area contributed by atoms with Crippen molar-refractivity contribution >= 4 is 26.5 Å². The molecular formula is C15H14N4O2S2. The van der Waals surface area contributed by atoms with Crippen molar-refractivity contribution in [2.75, 3.05) is 4.72 Å². The van der Waals surface area contributed by atoms with Crippen LogP contribution >= 0.6 is 11.3 Å². The molecule has 2 aromatic heterocycles. The predicted octanol–water partition coefficient (Wildman–Crippen LogP) is 2.44. The fourth-order valence-corrected chi connectivity index (χ4v) is 4.88. The maximum atomic E-state index is 12.4. The molecule has 0 atom stereocenters. The number of aryl methyl sites for hydroxylation is 3. The Labute approximate surface area is 137 Å². The van der Waals surface area contributed by atoms with E-state index in [0.717, 1.165) is 29.0 Å². The molecular weight excluding hydrogens is 332 g/mol. The lowest BCUT2D eigenvalue weighted by molar-refractivity contribution is 0.598. The van der Waals surface area contributed by atoms with E-state index in [1.54, 1.807) is 11.6 Å². The van der Waals surface area contributed by atoms with Gasteiger partial charge in [0.1, 0.15) is 0 Å². The Kier molecular flexibility index (Phi) is 3.24. The summed E-state index contributed by atoms with van der Waals surface area (Å²) in [6, 6.07) is 8.12. The third-order valence-electron chi connectivity index (χ3n) is 3.77. The van der Waals surface area contributed by atoms with E-state index in [9.17, 15) is 8.42 Å². The van der Waals surface area contributed by atoms with Crippen LogP contribution in [0.1, 0.15) is 10.4 Å². The van der Waals surface area contributed by atoms with Crippen LogP contribution in [0.5, 0.6) is 0 Å². The number of aromatic nitrogens is 3. The van der Waals surface area contributed by atoms with Gasteiger partial charge in [-0.1, -0.05) is 24.3 Å². The molecule has 0 bridgehead atoms. The molecule has 6 nitrogen and oxygen atoms in total. The maximum absolute atomic E-state index is 12.4. The lowest BCUT2D eigenvalue weighted by atomic mass is 9.94. The first-order valence-corrected chi connectivity index (χ1v) is 9.42. The summed E-state index contributed by atoms with van der Waals surface area (Å²) in [5.74, 6) is 0. The molecule has 1 aromatic carbocycles. The standard InChI is InChI=1S/C15H14N4O2S2/c1-19-8-13(16-9-19)23(20,21)18-15-17-14-11-5-3-2-4-10(11)6-7-12(14)22-15/h2-5,8-9H,6-7H2,1H3,(H,17,18). The molecule has 1 N–H and O–H groups in total. The quantitative estimate of drug-likeness (QED) is 0.790. The van der Waals surface area contributed by atoms with Gasteiger partial charge in [0.2, 0.25) is 0 Å². The van der Waals surface area contributed by atoms with Gasteiger partial charge in [-0.25, -0.2) is 9.97 Å². The maximum Gasteiger partial charge on any atom is 0.282 e. The number of nitrogens with one attached hydrogen (secondary N) is 1. The highest BCUT2D eigenvalue weighted by molar-refractivity contribution is 7.92. The summed E-state index contributed by atoms with van der Waals surface area (Å²) in [6.45, 7) is 0. The van der Waals surface area contributed by atoms with Gasteiger partial charge in [0.05, 0.1) is 12.0 Å². The van der Waals surface area contributed by atoms with Gasteiger partial charge in [-0.15, -0.1) is 11.3 Å². The molecule has 1 aliphatic rings. The summed E-state index contributed by atoms with van der Waals surface area (Å²) in [6.07, 6.45) is 4.76. The molecule has 0 saturated carbocycles. The third kappa shape index (κ3) is 2.53. The summed E-state index contributed by atoms with van der Waals surface area (Å²) in [4.78, 5) is 9.51. The minimum Gasteiger partial charge on any atom is -0.339 e. The van der Waals surface area contributed by atoms with Crippen LogP contribution in [0.4, 0.5) is 5.13 Å². The largest absolute Gasteiger partial charge is 0.339 e. The van der Waals surface area contributed by atoms with E-state index in [0.29, 0.717) is 5.13 Å². The summed E-state index contributed by atoms with van der Waals surface area (Å²) >= 11 is 1.39. The Balaban J connectivity index is 1.70. The Morgan fingerprint density at radius 3 is 2.87 bits per heavy atom. The van der Waals surface area contributed by atoms with Crippen molar-refractivity contribution in [2.45, 2.75) is 17.9 Å². The molecule has 0 radical (unpaired) electrons. The molecule has 0 amide bonds. The molecule has 0 spiro atoms. The van der Waals surface area contributed by atoms with Crippen molar-refractivity contribution in [1.29, 1.82) is 0 Å². The highest BCUT2D eigenvalue weighted by Gasteiger charge is 2.24. The van der Waals surface area contributed by atoms with Gasteiger partial charge >= 0.3 is 0 Å². The number of imidazole rings is 1. The van der Waals surface area contributed by atoms with Crippen LogP contribution in [0, 0.1) is 0 Å². The zero-order valence-electron chi connectivity index (χ0n) is 12.4. The highest BCUT2D eigenvalue weighted by atomic mass is 32.2. The number of fused-ring (bicyclic) bond motifs is 3. The van der Waals surface area contributed by atoms with E-state index in [4.69, 9.17) is 0 Å². The summed E-state index contributed by atoms with van der Waals surface area (Å²) in [5, 5.41) is 0.380. The molecule has 1 aliphatic carbocycles. The van der Waals surface area contributed by atoms with Crippen LogP contribution in [0.2, 0.25) is 0 Å². The average Bonchev–Trinajstić information content (AvgIpc) is 3.13. The molecule has 4 rings (SSSR count). The number of hydrogen-bond donors (Lipinski definition) is 1. The first-order valence-electron chi connectivity index (χ1n) is 7.12. The number of hydrogen-bond acceptors (Lipinski definition) is 5. The fourth-order valence-electron chi connectivity index (χ4n) is 2.69. The fraction of sp³-hybridized carbons (Fsp3) is 0.200. The van der Waals surface area contributed by atoms with Crippen molar-refractivity contribution in [3.8, 4) is 11.3 Å². The zero-order chi connectivity index (χ0) is 16.0. The number of sulfonamides is 1. The smallest absolute Gasteiger partial charge is 0.282 e. The predicted molar refractivity (Wildman–Crippen MR) is 89.0 cm³/mol. The van der Waals surface area contributed by atoms with E-state index >= 15 is 0 Å². The minimum atomic E-state index is -3.70. The normalized spacial score (nSPS) is 13.4. The van der Waals surface area contributed by atoms with E-state index in [1.165, 1.54) is 29.4 Å². The van der Waals surface area contributed by atoms with Crippen LogP contribution < -0.4 is 4.72 Å². The molecule has 2 heterocycles. The minimum absolute atomic E-state index is 0.00595. The molecule has 3 aromatic rings. The van der Waals surface area contributed by atoms with Gasteiger partial charge in [-0.2, -0.15) is 8.42 Å². The van der Waals surface area contributed by atoms with Crippen molar-refractivity contribution in [3.05, 3.63) is 47.2 Å². The van der Waals surface area contributed by atoms with Crippen LogP contribution in [-0.2, 0) is 29.9 Å². The number of rotatable bonds is 3. The first kappa shape index (κ1) is 14.4. The summed E-state index contributed by atoms with van der Waals surface area (Å²) in [5.41, 5.74) is 3.23. The van der Waals surface area contributed by atoms with E-state index < -0.39 is 10.0 Å². The third-order valence-corrected chi connectivity index (χ3v) is 6.15. The van der Waals surface area contributed by atoms with Crippen molar-refractivity contribution in [2.24, 2.45) is 7.05 Å². The zero-order valence-corrected chi connectivity index (χ0v) is 14.0. The molecule has 118 valence electrons. The van der Waals surface area contributed by atoms with E-state index in [2.05, 4.69) is 20.8 Å². The topological polar surface area (TPSA) is 76.9 Å². The highest BCUT2D eigenvalue weighted by Crippen LogP contribution is 2.38. The number of anilines is 1. The monoisotopic (exact) mass is 346 g/mol. The Morgan fingerprint density at radius 2 is 2.09 bits per heavy atom. The molecule has 0 fully saturated rings. The molecule has 0 unspecified atom stereocenters.